The molecule has 0 bridgehead atoms. The Bertz CT molecular complexity index is 965. The summed E-state index contributed by atoms with van der Waals surface area (Å²) in [4.78, 5) is 27.0. The Hall–Kier alpha value is -2.66. The zero-order valence-electron chi connectivity index (χ0n) is 15.1. The number of aliphatic carboxylic acids is 1. The third-order valence-electron chi connectivity index (χ3n) is 5.36. The number of hydrogen-bond acceptors (Lipinski definition) is 3. The Morgan fingerprint density at radius 3 is 2.30 bits per heavy atom. The van der Waals surface area contributed by atoms with Gasteiger partial charge in [-0.3, -0.25) is 9.59 Å². The number of carbonyl (C=O) groups excluding carboxylic acids is 1. The predicted octanol–water partition coefficient (Wildman–Crippen LogP) is 4.51. The topological polar surface area (TPSA) is 57.6 Å². The van der Waals surface area contributed by atoms with Crippen molar-refractivity contribution in [1.29, 1.82) is 0 Å². The monoisotopic (exact) mass is 379 g/mol. The molecule has 0 aliphatic heterocycles. The van der Waals surface area contributed by atoms with E-state index < -0.39 is 11.4 Å². The third kappa shape index (κ3) is 3.12. The van der Waals surface area contributed by atoms with Crippen molar-refractivity contribution < 1.29 is 14.7 Å². The van der Waals surface area contributed by atoms with Crippen molar-refractivity contribution in [2.24, 2.45) is 5.41 Å². The molecule has 0 saturated heterocycles. The van der Waals surface area contributed by atoms with Crippen LogP contribution in [0.3, 0.4) is 0 Å². The number of thiophene rings is 1. The van der Waals surface area contributed by atoms with Gasteiger partial charge in [0.05, 0.1) is 16.8 Å². The van der Waals surface area contributed by atoms with E-state index in [0.29, 0.717) is 19.4 Å². The van der Waals surface area contributed by atoms with E-state index in [2.05, 4.69) is 0 Å². The molecule has 138 valence electrons. The minimum absolute atomic E-state index is 0.0878. The van der Waals surface area contributed by atoms with Gasteiger partial charge in [0.15, 0.2) is 0 Å². The second kappa shape index (κ2) is 6.82. The summed E-state index contributed by atoms with van der Waals surface area (Å²) in [5.41, 5.74) is 1.25. The molecule has 0 unspecified atom stereocenters. The highest BCUT2D eigenvalue weighted by Gasteiger charge is 2.47. The molecule has 0 atom stereocenters. The first-order chi connectivity index (χ1) is 13.0. The first-order valence-corrected chi connectivity index (χ1v) is 9.93. The Kier molecular flexibility index (Phi) is 4.48. The normalized spacial score (nSPS) is 14.9. The summed E-state index contributed by atoms with van der Waals surface area (Å²) in [5.74, 6) is -1.02. The maximum Gasteiger partial charge on any atom is 0.304 e. The van der Waals surface area contributed by atoms with E-state index in [1.165, 1.54) is 0 Å². The van der Waals surface area contributed by atoms with Crippen LogP contribution in [0.25, 0.3) is 10.1 Å². The summed E-state index contributed by atoms with van der Waals surface area (Å²) >= 11 is 1.58. The van der Waals surface area contributed by atoms with Gasteiger partial charge in [0, 0.05) is 11.2 Å². The van der Waals surface area contributed by atoms with E-state index in [-0.39, 0.29) is 12.3 Å². The highest BCUT2D eigenvalue weighted by Crippen LogP contribution is 2.43. The van der Waals surface area contributed by atoms with Gasteiger partial charge in [-0.1, -0.05) is 42.5 Å². The number of hydrogen-bond donors (Lipinski definition) is 1. The van der Waals surface area contributed by atoms with E-state index in [9.17, 15) is 14.7 Å². The van der Waals surface area contributed by atoms with Crippen LogP contribution in [0.1, 0.15) is 24.5 Å². The van der Waals surface area contributed by atoms with Gasteiger partial charge in [-0.15, -0.1) is 11.3 Å². The van der Waals surface area contributed by atoms with Crippen LogP contribution in [0.5, 0.6) is 0 Å². The fraction of sp³-hybridized carbons (Fsp3) is 0.273. The number of rotatable bonds is 5. The van der Waals surface area contributed by atoms with Crippen LogP contribution in [0.4, 0.5) is 5.00 Å². The SMILES string of the molecule is CCN(C(=O)C1(CC(=O)O)Cc2ccccc2C1)c1cc2ccccc2s1. The summed E-state index contributed by atoms with van der Waals surface area (Å²) in [7, 11) is 0. The van der Waals surface area contributed by atoms with Gasteiger partial charge in [-0.05, 0) is 48.4 Å². The van der Waals surface area contributed by atoms with Crippen LogP contribution in [-0.2, 0) is 22.4 Å². The van der Waals surface area contributed by atoms with Crippen LogP contribution in [0, 0.1) is 5.41 Å². The molecule has 4 nitrogen and oxygen atoms in total. The molecule has 1 aromatic heterocycles. The average molecular weight is 379 g/mol. The van der Waals surface area contributed by atoms with Crippen LogP contribution in [0.15, 0.2) is 54.6 Å². The van der Waals surface area contributed by atoms with Crippen molar-refractivity contribution in [3.63, 3.8) is 0 Å². The average Bonchev–Trinajstić information content (AvgIpc) is 3.22. The van der Waals surface area contributed by atoms with Crippen molar-refractivity contribution >= 4 is 38.3 Å². The molecular weight excluding hydrogens is 358 g/mol. The number of benzene rings is 2. The molecule has 5 heteroatoms. The lowest BCUT2D eigenvalue weighted by Gasteiger charge is -2.32. The number of amides is 1. The quantitative estimate of drug-likeness (QED) is 0.709. The predicted molar refractivity (Wildman–Crippen MR) is 108 cm³/mol. The Labute approximate surface area is 162 Å². The van der Waals surface area contributed by atoms with Crippen molar-refractivity contribution in [3.8, 4) is 0 Å². The van der Waals surface area contributed by atoms with Gasteiger partial charge in [0.25, 0.3) is 0 Å². The molecule has 0 spiro atoms. The van der Waals surface area contributed by atoms with Gasteiger partial charge in [0.2, 0.25) is 5.91 Å². The molecule has 0 radical (unpaired) electrons. The van der Waals surface area contributed by atoms with Gasteiger partial charge in [-0.2, -0.15) is 0 Å². The number of fused-ring (bicyclic) bond motifs is 2. The molecule has 4 rings (SSSR count). The smallest absolute Gasteiger partial charge is 0.304 e. The third-order valence-corrected chi connectivity index (χ3v) is 6.50. The standard InChI is InChI=1S/C22H21NO3S/c1-2-23(19-11-15-7-5-6-10-18(15)27-19)21(26)22(14-20(24)25)12-16-8-3-4-9-17(16)13-22/h3-11H,2,12-14H2,1H3,(H,24,25). The number of carbonyl (C=O) groups is 2. The second-order valence-corrected chi connectivity index (χ2v) is 8.21. The largest absolute Gasteiger partial charge is 0.481 e. The lowest BCUT2D eigenvalue weighted by molar-refractivity contribution is -0.144. The number of carboxylic acids is 1. The highest BCUT2D eigenvalue weighted by atomic mass is 32.1. The number of carboxylic acid groups (broad SMARTS) is 1. The Morgan fingerprint density at radius 2 is 1.70 bits per heavy atom. The lowest BCUT2D eigenvalue weighted by atomic mass is 9.79. The maximum absolute atomic E-state index is 13.6. The van der Waals surface area contributed by atoms with E-state index >= 15 is 0 Å². The van der Waals surface area contributed by atoms with E-state index in [1.807, 2.05) is 61.5 Å². The molecule has 2 aromatic carbocycles. The van der Waals surface area contributed by atoms with Crippen LogP contribution in [-0.4, -0.2) is 23.5 Å². The van der Waals surface area contributed by atoms with Gasteiger partial charge >= 0.3 is 5.97 Å². The zero-order valence-corrected chi connectivity index (χ0v) is 16.0. The minimum atomic E-state index is -0.927. The first-order valence-electron chi connectivity index (χ1n) is 9.11. The zero-order chi connectivity index (χ0) is 19.0. The van der Waals surface area contributed by atoms with Crippen molar-refractivity contribution in [3.05, 3.63) is 65.7 Å². The summed E-state index contributed by atoms with van der Waals surface area (Å²) in [6, 6.07) is 18.0. The fourth-order valence-electron chi connectivity index (χ4n) is 4.12. The van der Waals surface area contributed by atoms with Crippen molar-refractivity contribution in [2.75, 3.05) is 11.4 Å². The second-order valence-electron chi connectivity index (χ2n) is 7.14. The van der Waals surface area contributed by atoms with Crippen LogP contribution >= 0.6 is 11.3 Å². The fourth-order valence-corrected chi connectivity index (χ4v) is 5.25. The molecule has 0 saturated carbocycles. The van der Waals surface area contributed by atoms with Gasteiger partial charge in [-0.25, -0.2) is 0 Å². The number of anilines is 1. The first kappa shape index (κ1) is 17.7. The summed E-state index contributed by atoms with van der Waals surface area (Å²) in [6.07, 6.45) is 0.813. The van der Waals surface area contributed by atoms with Crippen molar-refractivity contribution in [1.82, 2.24) is 0 Å². The van der Waals surface area contributed by atoms with E-state index in [4.69, 9.17) is 0 Å². The molecule has 1 N–H and O–H groups in total. The molecule has 1 aliphatic carbocycles. The molecule has 1 amide bonds. The van der Waals surface area contributed by atoms with E-state index in [1.54, 1.807) is 16.2 Å². The Balaban J connectivity index is 1.73. The van der Waals surface area contributed by atoms with Gasteiger partial charge in [0.1, 0.15) is 0 Å². The molecule has 1 aliphatic rings. The minimum Gasteiger partial charge on any atom is -0.481 e. The summed E-state index contributed by atoms with van der Waals surface area (Å²) < 4.78 is 1.13. The van der Waals surface area contributed by atoms with Gasteiger partial charge < -0.3 is 10.0 Å². The van der Waals surface area contributed by atoms with Crippen molar-refractivity contribution in [2.45, 2.75) is 26.2 Å². The lowest BCUT2D eigenvalue weighted by Crippen LogP contribution is -2.46. The molecule has 0 fully saturated rings. The Morgan fingerprint density at radius 1 is 1.07 bits per heavy atom. The summed E-state index contributed by atoms with van der Waals surface area (Å²) in [5, 5.41) is 11.5. The van der Waals surface area contributed by atoms with Crippen LogP contribution < -0.4 is 4.90 Å². The highest BCUT2D eigenvalue weighted by molar-refractivity contribution is 7.23. The maximum atomic E-state index is 13.6. The molecule has 27 heavy (non-hydrogen) atoms. The summed E-state index contributed by atoms with van der Waals surface area (Å²) in [6.45, 7) is 2.46. The molecular formula is C22H21NO3S. The number of nitrogens with zero attached hydrogens (tertiary/aromatic N) is 1. The molecule has 3 aromatic rings. The van der Waals surface area contributed by atoms with E-state index in [0.717, 1.165) is 26.2 Å². The van der Waals surface area contributed by atoms with Crippen LogP contribution in [0.2, 0.25) is 0 Å². The molecule has 1 heterocycles.